The Morgan fingerprint density at radius 2 is 1.79 bits per heavy atom. The molecule has 0 spiro atoms. The van der Waals surface area contributed by atoms with Gasteiger partial charge in [-0.3, -0.25) is 4.98 Å². The normalized spacial score (nSPS) is 20.9. The van der Waals surface area contributed by atoms with Gasteiger partial charge in [0.25, 0.3) is 0 Å². The monoisotopic (exact) mass is 446 g/mol. The first-order valence-corrected chi connectivity index (χ1v) is 11.6. The van der Waals surface area contributed by atoms with Gasteiger partial charge in [0.1, 0.15) is 17.5 Å². The molecule has 0 bridgehead atoms. The molecule has 0 amide bonds. The molecule has 1 saturated heterocycles. The van der Waals surface area contributed by atoms with Crippen LogP contribution in [0.3, 0.4) is 0 Å². The summed E-state index contributed by atoms with van der Waals surface area (Å²) in [4.78, 5) is 20.2. The number of hydrogen-bond donors (Lipinski definition) is 4. The van der Waals surface area contributed by atoms with Gasteiger partial charge in [0.05, 0.1) is 18.0 Å². The van der Waals surface area contributed by atoms with E-state index in [1.165, 1.54) is 0 Å². The molecule has 33 heavy (non-hydrogen) atoms. The molecule has 0 unspecified atom stereocenters. The molecule has 1 saturated carbocycles. The lowest BCUT2D eigenvalue weighted by Crippen LogP contribution is -2.43. The van der Waals surface area contributed by atoms with Gasteiger partial charge in [-0.05, 0) is 43.9 Å². The molecule has 172 valence electrons. The van der Waals surface area contributed by atoms with Crippen molar-refractivity contribution in [3.05, 3.63) is 49.1 Å². The third-order valence-corrected chi connectivity index (χ3v) is 6.19. The fourth-order valence-corrected chi connectivity index (χ4v) is 4.42. The van der Waals surface area contributed by atoms with E-state index < -0.39 is 0 Å². The maximum Gasteiger partial charge on any atom is 0.150 e. The van der Waals surface area contributed by atoms with E-state index in [9.17, 15) is 5.11 Å². The van der Waals surface area contributed by atoms with E-state index in [1.807, 2.05) is 18.3 Å². The van der Waals surface area contributed by atoms with Crippen LogP contribution in [0.4, 0.5) is 23.1 Å². The molecule has 3 aromatic heterocycles. The second kappa shape index (κ2) is 10.1. The molecule has 4 heterocycles. The molecular weight excluding hydrogens is 416 g/mol. The van der Waals surface area contributed by atoms with Crippen LogP contribution in [0.15, 0.2) is 49.1 Å². The smallest absolute Gasteiger partial charge is 0.150 e. The van der Waals surface area contributed by atoms with Gasteiger partial charge in [0, 0.05) is 68.1 Å². The molecule has 9 nitrogen and oxygen atoms in total. The zero-order valence-corrected chi connectivity index (χ0v) is 18.6. The molecule has 1 aliphatic heterocycles. The van der Waals surface area contributed by atoms with Gasteiger partial charge in [0.2, 0.25) is 0 Å². The summed E-state index contributed by atoms with van der Waals surface area (Å²) >= 11 is 0. The Morgan fingerprint density at radius 3 is 2.58 bits per heavy atom. The number of aromatic nitrogens is 4. The minimum Gasteiger partial charge on any atom is -0.393 e. The summed E-state index contributed by atoms with van der Waals surface area (Å²) in [7, 11) is 0. The van der Waals surface area contributed by atoms with Crippen molar-refractivity contribution in [2.75, 3.05) is 41.7 Å². The van der Waals surface area contributed by atoms with Gasteiger partial charge >= 0.3 is 0 Å². The fraction of sp³-hybridized carbons (Fsp3) is 0.417. The Hall–Kier alpha value is -3.30. The number of aliphatic hydroxyl groups excluding tert-OH is 1. The van der Waals surface area contributed by atoms with Crippen LogP contribution in [-0.4, -0.2) is 63.4 Å². The zero-order valence-electron chi connectivity index (χ0n) is 18.6. The third-order valence-electron chi connectivity index (χ3n) is 6.19. The van der Waals surface area contributed by atoms with Crippen LogP contribution in [0.2, 0.25) is 0 Å². The van der Waals surface area contributed by atoms with E-state index in [0.29, 0.717) is 17.7 Å². The lowest BCUT2D eigenvalue weighted by atomic mass is 9.93. The second-order valence-corrected chi connectivity index (χ2v) is 8.63. The predicted octanol–water partition coefficient (Wildman–Crippen LogP) is 2.80. The predicted molar refractivity (Wildman–Crippen MR) is 130 cm³/mol. The highest BCUT2D eigenvalue weighted by atomic mass is 16.3. The van der Waals surface area contributed by atoms with Crippen molar-refractivity contribution in [3.63, 3.8) is 0 Å². The summed E-state index contributed by atoms with van der Waals surface area (Å²) in [6.07, 6.45) is 10.2. The van der Waals surface area contributed by atoms with E-state index >= 15 is 0 Å². The molecule has 3 aromatic rings. The van der Waals surface area contributed by atoms with Crippen molar-refractivity contribution in [2.24, 2.45) is 0 Å². The van der Waals surface area contributed by atoms with E-state index in [-0.39, 0.29) is 6.10 Å². The zero-order chi connectivity index (χ0) is 22.5. The van der Waals surface area contributed by atoms with Gasteiger partial charge in [-0.25, -0.2) is 15.0 Å². The molecule has 0 atom stereocenters. The first kappa shape index (κ1) is 21.5. The van der Waals surface area contributed by atoms with Gasteiger partial charge < -0.3 is 26.0 Å². The van der Waals surface area contributed by atoms with Crippen LogP contribution < -0.4 is 20.9 Å². The molecule has 4 N–H and O–H groups in total. The van der Waals surface area contributed by atoms with Crippen LogP contribution in [0.25, 0.3) is 11.3 Å². The average molecular weight is 447 g/mol. The van der Waals surface area contributed by atoms with Crippen molar-refractivity contribution < 1.29 is 5.11 Å². The van der Waals surface area contributed by atoms with Crippen molar-refractivity contribution in [2.45, 2.75) is 37.8 Å². The molecule has 9 heteroatoms. The number of aliphatic hydroxyl groups is 1. The number of rotatable bonds is 6. The number of piperazine rings is 1. The van der Waals surface area contributed by atoms with Crippen molar-refractivity contribution in [1.29, 1.82) is 0 Å². The minimum absolute atomic E-state index is 0.176. The molecular formula is C24H30N8O. The Kier molecular flexibility index (Phi) is 6.59. The summed E-state index contributed by atoms with van der Waals surface area (Å²) in [5.74, 6) is 2.32. The Bertz CT molecular complexity index is 1050. The van der Waals surface area contributed by atoms with Crippen LogP contribution >= 0.6 is 0 Å². The van der Waals surface area contributed by atoms with Crippen molar-refractivity contribution >= 4 is 23.1 Å². The van der Waals surface area contributed by atoms with E-state index in [0.717, 1.165) is 74.6 Å². The van der Waals surface area contributed by atoms with Crippen LogP contribution in [0.5, 0.6) is 0 Å². The SMILES string of the molecule is O[C@H]1CC[C@H](Nc2cc(Nc3cnccn3)nc(-c3ccnc(N4CCNCC4)c3)c2)CC1. The van der Waals surface area contributed by atoms with Crippen LogP contribution in [0.1, 0.15) is 25.7 Å². The number of pyridine rings is 2. The molecule has 2 fully saturated rings. The number of anilines is 4. The first-order valence-electron chi connectivity index (χ1n) is 11.6. The first-order chi connectivity index (χ1) is 16.2. The lowest BCUT2D eigenvalue weighted by molar-refractivity contribution is 0.126. The highest BCUT2D eigenvalue weighted by Crippen LogP contribution is 2.29. The summed E-state index contributed by atoms with van der Waals surface area (Å²) < 4.78 is 0. The lowest BCUT2D eigenvalue weighted by Gasteiger charge is -2.28. The quantitative estimate of drug-likeness (QED) is 0.454. The van der Waals surface area contributed by atoms with Crippen LogP contribution in [-0.2, 0) is 0 Å². The molecule has 2 aliphatic rings. The summed E-state index contributed by atoms with van der Waals surface area (Å²) in [6, 6.07) is 8.54. The number of nitrogens with one attached hydrogen (secondary N) is 3. The number of nitrogens with zero attached hydrogens (tertiary/aromatic N) is 5. The topological polar surface area (TPSA) is 111 Å². The van der Waals surface area contributed by atoms with Crippen molar-refractivity contribution in [3.8, 4) is 11.3 Å². The van der Waals surface area contributed by atoms with E-state index in [4.69, 9.17) is 4.98 Å². The third kappa shape index (κ3) is 5.55. The Morgan fingerprint density at radius 1 is 0.939 bits per heavy atom. The largest absolute Gasteiger partial charge is 0.393 e. The highest BCUT2D eigenvalue weighted by molar-refractivity contribution is 5.71. The maximum atomic E-state index is 9.85. The molecule has 5 rings (SSSR count). The van der Waals surface area contributed by atoms with E-state index in [2.05, 4.69) is 47.9 Å². The maximum absolute atomic E-state index is 9.85. The molecule has 1 aliphatic carbocycles. The average Bonchev–Trinajstić information content (AvgIpc) is 2.87. The molecule has 0 aromatic carbocycles. The van der Waals surface area contributed by atoms with Gasteiger partial charge in [-0.1, -0.05) is 0 Å². The minimum atomic E-state index is -0.176. The van der Waals surface area contributed by atoms with Gasteiger partial charge in [-0.2, -0.15) is 0 Å². The Labute approximate surface area is 193 Å². The standard InChI is InChI=1S/C24H30N8O/c33-20-3-1-18(2-4-20)29-19-14-21(30-22(15-19)31-23-16-26-7-8-27-23)17-5-6-28-24(13-17)32-11-9-25-10-12-32/h5-8,13-16,18,20,25,33H,1-4,9-12H2,(H2,27,29,30,31)/t18-,20-. The Balaban J connectivity index is 1.44. The summed E-state index contributed by atoms with van der Waals surface area (Å²) in [6.45, 7) is 3.81. The second-order valence-electron chi connectivity index (χ2n) is 8.63. The molecule has 0 radical (unpaired) electrons. The highest BCUT2D eigenvalue weighted by Gasteiger charge is 2.20. The fourth-order valence-electron chi connectivity index (χ4n) is 4.42. The summed E-state index contributed by atoms with van der Waals surface area (Å²) in [5, 5.41) is 20.2. The van der Waals surface area contributed by atoms with Gasteiger partial charge in [0.15, 0.2) is 0 Å². The van der Waals surface area contributed by atoms with Crippen molar-refractivity contribution in [1.82, 2.24) is 25.3 Å². The van der Waals surface area contributed by atoms with Gasteiger partial charge in [-0.15, -0.1) is 0 Å². The summed E-state index contributed by atoms with van der Waals surface area (Å²) in [5.41, 5.74) is 2.87. The van der Waals surface area contributed by atoms with Crippen LogP contribution in [0, 0.1) is 0 Å². The number of hydrogen-bond acceptors (Lipinski definition) is 9. The van der Waals surface area contributed by atoms with E-state index in [1.54, 1.807) is 18.6 Å².